The standard InChI is InChI=1S/C66H127NO3/c1-3-5-7-9-11-13-15-17-19-21-23-25-27-29-30-31-32-33-34-35-36-38-40-42-44-46-48-50-52-54-56-58-60-62-66(70)67-64(63-68)65(69)61-59-57-55-53-51-49-47-45-43-41-39-37-28-26-24-22-20-18-16-14-12-10-8-6-4-2/h15,17,21,23,59,61,64-65,68-69H,3-14,16,18-20,22,24-58,60,62-63H2,1-2H3,(H,67,70)/b17-15-,23-21-,61-59+. The molecule has 4 heteroatoms. The van der Waals surface area contributed by atoms with Crippen LogP contribution in [-0.2, 0) is 4.79 Å². The summed E-state index contributed by atoms with van der Waals surface area (Å²) in [5, 5.41) is 23.3. The van der Waals surface area contributed by atoms with Crippen molar-refractivity contribution in [1.29, 1.82) is 0 Å². The first-order valence-electron chi connectivity index (χ1n) is 32.2. The molecule has 0 saturated carbocycles. The summed E-state index contributed by atoms with van der Waals surface area (Å²) in [6.45, 7) is 4.34. The van der Waals surface area contributed by atoms with Gasteiger partial charge in [0.05, 0.1) is 18.8 Å². The molecular formula is C66H127NO3. The van der Waals surface area contributed by atoms with Gasteiger partial charge in [0.25, 0.3) is 0 Å². The number of carbonyl (C=O) groups excluding carboxylic acids is 1. The van der Waals surface area contributed by atoms with Crippen LogP contribution >= 0.6 is 0 Å². The molecule has 4 nitrogen and oxygen atoms in total. The van der Waals surface area contributed by atoms with Crippen molar-refractivity contribution < 1.29 is 15.0 Å². The highest BCUT2D eigenvalue weighted by atomic mass is 16.3. The summed E-state index contributed by atoms with van der Waals surface area (Å²) in [6, 6.07) is -0.622. The summed E-state index contributed by atoms with van der Waals surface area (Å²) in [4.78, 5) is 12.5. The van der Waals surface area contributed by atoms with Gasteiger partial charge in [0.1, 0.15) is 0 Å². The topological polar surface area (TPSA) is 69.6 Å². The Morgan fingerprint density at radius 2 is 0.586 bits per heavy atom. The van der Waals surface area contributed by atoms with Crippen molar-refractivity contribution in [2.24, 2.45) is 0 Å². The minimum absolute atomic E-state index is 0.0564. The van der Waals surface area contributed by atoms with E-state index in [9.17, 15) is 15.0 Å². The van der Waals surface area contributed by atoms with Crippen LogP contribution in [0.2, 0.25) is 0 Å². The van der Waals surface area contributed by atoms with Gasteiger partial charge in [-0.2, -0.15) is 0 Å². The van der Waals surface area contributed by atoms with Crippen LogP contribution in [0.5, 0.6) is 0 Å². The molecule has 0 aliphatic rings. The van der Waals surface area contributed by atoms with Crippen LogP contribution in [0.4, 0.5) is 0 Å². The summed E-state index contributed by atoms with van der Waals surface area (Å²) in [6.07, 6.45) is 84.9. The lowest BCUT2D eigenvalue weighted by molar-refractivity contribution is -0.123. The summed E-state index contributed by atoms with van der Waals surface area (Å²) in [5.41, 5.74) is 0. The van der Waals surface area contributed by atoms with Crippen molar-refractivity contribution in [3.05, 3.63) is 36.5 Å². The second kappa shape index (κ2) is 61.9. The molecule has 414 valence electrons. The van der Waals surface area contributed by atoms with Gasteiger partial charge in [0, 0.05) is 6.42 Å². The summed E-state index contributed by atoms with van der Waals surface area (Å²) >= 11 is 0. The van der Waals surface area contributed by atoms with Gasteiger partial charge in [0.15, 0.2) is 0 Å². The number of hydrogen-bond acceptors (Lipinski definition) is 3. The molecule has 0 aliphatic heterocycles. The van der Waals surface area contributed by atoms with Crippen LogP contribution in [-0.4, -0.2) is 34.9 Å². The number of hydrogen-bond donors (Lipinski definition) is 3. The molecule has 3 N–H and O–H groups in total. The van der Waals surface area contributed by atoms with Crippen molar-refractivity contribution in [2.45, 2.75) is 373 Å². The van der Waals surface area contributed by atoms with Gasteiger partial charge in [-0.3, -0.25) is 4.79 Å². The summed E-state index contributed by atoms with van der Waals surface area (Å²) in [5.74, 6) is -0.0564. The predicted molar refractivity (Wildman–Crippen MR) is 313 cm³/mol. The molecule has 0 saturated heterocycles. The molecule has 1 amide bonds. The van der Waals surface area contributed by atoms with E-state index in [1.54, 1.807) is 6.08 Å². The number of carbonyl (C=O) groups is 1. The number of aliphatic hydroxyl groups is 2. The molecule has 0 rings (SSSR count). The van der Waals surface area contributed by atoms with E-state index < -0.39 is 12.1 Å². The lowest BCUT2D eigenvalue weighted by atomic mass is 10.0. The van der Waals surface area contributed by atoms with Crippen LogP contribution in [0.15, 0.2) is 36.5 Å². The minimum atomic E-state index is -0.839. The lowest BCUT2D eigenvalue weighted by Crippen LogP contribution is -2.45. The van der Waals surface area contributed by atoms with Gasteiger partial charge in [0.2, 0.25) is 5.91 Å². The maximum Gasteiger partial charge on any atom is 0.220 e. The molecule has 0 bridgehead atoms. The third-order valence-electron chi connectivity index (χ3n) is 15.1. The van der Waals surface area contributed by atoms with E-state index in [0.717, 1.165) is 32.1 Å². The van der Waals surface area contributed by atoms with Crippen molar-refractivity contribution in [2.75, 3.05) is 6.61 Å². The van der Waals surface area contributed by atoms with Crippen LogP contribution < -0.4 is 5.32 Å². The van der Waals surface area contributed by atoms with Gasteiger partial charge in [-0.1, -0.05) is 339 Å². The molecule has 0 aromatic carbocycles. The van der Waals surface area contributed by atoms with Gasteiger partial charge in [-0.25, -0.2) is 0 Å². The average Bonchev–Trinajstić information content (AvgIpc) is 3.36. The van der Waals surface area contributed by atoms with Crippen molar-refractivity contribution >= 4 is 5.91 Å². The third kappa shape index (κ3) is 57.5. The molecule has 2 unspecified atom stereocenters. The number of amides is 1. The fraction of sp³-hybridized carbons (Fsp3) is 0.894. The zero-order chi connectivity index (χ0) is 50.6. The zero-order valence-corrected chi connectivity index (χ0v) is 47.8. The Morgan fingerprint density at radius 1 is 0.343 bits per heavy atom. The van der Waals surface area contributed by atoms with Crippen LogP contribution in [0.1, 0.15) is 361 Å². The van der Waals surface area contributed by atoms with Gasteiger partial charge in [-0.05, 0) is 51.4 Å². The molecule has 0 aromatic rings. The molecule has 2 atom stereocenters. The maximum absolute atomic E-state index is 12.5. The highest BCUT2D eigenvalue weighted by Gasteiger charge is 2.18. The Bertz CT molecular complexity index is 1070. The number of aliphatic hydroxyl groups excluding tert-OH is 2. The highest BCUT2D eigenvalue weighted by Crippen LogP contribution is 2.18. The SMILES string of the molecule is CCCCCCC/C=C\C/C=C\CCCCCCCCCCCCCCCCCCCCCCCC(=O)NC(CO)C(O)/C=C/CCCCCCCCCCCCCCCCCCCCCCCCC. The molecule has 0 fully saturated rings. The van der Waals surface area contributed by atoms with Gasteiger partial charge in [-0.15, -0.1) is 0 Å². The van der Waals surface area contributed by atoms with Crippen molar-refractivity contribution in [3.63, 3.8) is 0 Å². The second-order valence-electron chi connectivity index (χ2n) is 22.2. The molecule has 0 spiro atoms. The van der Waals surface area contributed by atoms with E-state index in [4.69, 9.17) is 0 Å². The van der Waals surface area contributed by atoms with E-state index in [1.165, 1.54) is 308 Å². The lowest BCUT2D eigenvalue weighted by Gasteiger charge is -2.20. The fourth-order valence-corrected chi connectivity index (χ4v) is 10.2. The first-order chi connectivity index (χ1) is 34.7. The number of unbranched alkanes of at least 4 members (excludes halogenated alkanes) is 49. The molecule has 0 heterocycles. The monoisotopic (exact) mass is 982 g/mol. The smallest absolute Gasteiger partial charge is 0.220 e. The zero-order valence-electron chi connectivity index (χ0n) is 47.8. The normalized spacial score (nSPS) is 12.9. The summed E-state index contributed by atoms with van der Waals surface area (Å²) < 4.78 is 0. The molecule has 0 aliphatic carbocycles. The minimum Gasteiger partial charge on any atom is -0.394 e. The molecule has 70 heavy (non-hydrogen) atoms. The summed E-state index contributed by atoms with van der Waals surface area (Å²) in [7, 11) is 0. The van der Waals surface area contributed by atoms with E-state index in [0.29, 0.717) is 6.42 Å². The van der Waals surface area contributed by atoms with E-state index in [1.807, 2.05) is 6.08 Å². The fourth-order valence-electron chi connectivity index (χ4n) is 10.2. The maximum atomic E-state index is 12.5. The highest BCUT2D eigenvalue weighted by molar-refractivity contribution is 5.76. The number of allylic oxidation sites excluding steroid dienone is 5. The number of nitrogens with one attached hydrogen (secondary N) is 1. The first-order valence-corrected chi connectivity index (χ1v) is 32.2. The van der Waals surface area contributed by atoms with E-state index in [-0.39, 0.29) is 12.5 Å². The average molecular weight is 983 g/mol. The van der Waals surface area contributed by atoms with Gasteiger partial charge >= 0.3 is 0 Å². The van der Waals surface area contributed by atoms with Crippen molar-refractivity contribution in [1.82, 2.24) is 5.32 Å². The van der Waals surface area contributed by atoms with Crippen LogP contribution in [0.25, 0.3) is 0 Å². The van der Waals surface area contributed by atoms with Crippen LogP contribution in [0, 0.1) is 0 Å². The number of rotatable bonds is 60. The Morgan fingerprint density at radius 3 is 0.857 bits per heavy atom. The molecular weight excluding hydrogens is 855 g/mol. The largest absolute Gasteiger partial charge is 0.394 e. The molecule has 0 radical (unpaired) electrons. The quantitative estimate of drug-likeness (QED) is 0.0420. The molecule has 0 aromatic heterocycles. The predicted octanol–water partition coefficient (Wildman–Crippen LogP) is 21.6. The Kier molecular flexibility index (Phi) is 60.7. The van der Waals surface area contributed by atoms with Gasteiger partial charge < -0.3 is 15.5 Å². The van der Waals surface area contributed by atoms with E-state index in [2.05, 4.69) is 43.5 Å². The first kappa shape index (κ1) is 68.6. The van der Waals surface area contributed by atoms with Crippen LogP contribution in [0.3, 0.4) is 0 Å². The Hall–Kier alpha value is -1.39. The Balaban J connectivity index is 3.43. The van der Waals surface area contributed by atoms with Crippen molar-refractivity contribution in [3.8, 4) is 0 Å². The second-order valence-corrected chi connectivity index (χ2v) is 22.2. The third-order valence-corrected chi connectivity index (χ3v) is 15.1. The van der Waals surface area contributed by atoms with E-state index >= 15 is 0 Å². The Labute approximate surface area is 440 Å².